The number of carbonyl (C=O) groups is 2. The maximum atomic E-state index is 12.2. The van der Waals surface area contributed by atoms with E-state index in [1.54, 1.807) is 0 Å². The molecular formula is C16H26N2O3. The number of amides is 2. The summed E-state index contributed by atoms with van der Waals surface area (Å²) in [7, 11) is 0. The van der Waals surface area contributed by atoms with Crippen LogP contribution in [-0.2, 0) is 4.79 Å². The second kappa shape index (κ2) is 6.08. The van der Waals surface area contributed by atoms with Crippen molar-refractivity contribution in [3.8, 4) is 0 Å². The smallest absolute Gasteiger partial charge is 0.317 e. The molecule has 2 amide bonds. The molecule has 5 nitrogen and oxygen atoms in total. The van der Waals surface area contributed by atoms with Gasteiger partial charge in [0.05, 0.1) is 5.92 Å². The summed E-state index contributed by atoms with van der Waals surface area (Å²) >= 11 is 0. The van der Waals surface area contributed by atoms with Crippen LogP contribution in [0.15, 0.2) is 11.6 Å². The number of rotatable bonds is 2. The van der Waals surface area contributed by atoms with E-state index >= 15 is 0 Å². The second-order valence-corrected chi connectivity index (χ2v) is 7.17. The van der Waals surface area contributed by atoms with Crippen LogP contribution in [0.2, 0.25) is 0 Å². The molecule has 0 spiro atoms. The van der Waals surface area contributed by atoms with Gasteiger partial charge >= 0.3 is 12.0 Å². The van der Waals surface area contributed by atoms with Gasteiger partial charge in [-0.05, 0) is 31.1 Å². The predicted octanol–water partition coefficient (Wildman–Crippen LogP) is 2.63. The fourth-order valence-corrected chi connectivity index (χ4v) is 3.14. The average Bonchev–Trinajstić information content (AvgIpc) is 2.86. The SMILES string of the molecule is CC(C)(C)C1=CCN(C(=O)N[C@H]2CC[C@@H](C(=O)O)C2)CC1. The average molecular weight is 294 g/mol. The van der Waals surface area contributed by atoms with Gasteiger partial charge in [-0.15, -0.1) is 0 Å². The van der Waals surface area contributed by atoms with Crippen LogP contribution in [0.4, 0.5) is 4.79 Å². The van der Waals surface area contributed by atoms with E-state index in [4.69, 9.17) is 5.11 Å². The van der Waals surface area contributed by atoms with Gasteiger partial charge in [-0.1, -0.05) is 32.4 Å². The first-order valence-electron chi connectivity index (χ1n) is 7.75. The monoisotopic (exact) mass is 294 g/mol. The molecule has 1 saturated carbocycles. The topological polar surface area (TPSA) is 69.6 Å². The van der Waals surface area contributed by atoms with Crippen molar-refractivity contribution >= 4 is 12.0 Å². The van der Waals surface area contributed by atoms with E-state index in [1.807, 2.05) is 4.90 Å². The maximum Gasteiger partial charge on any atom is 0.317 e. The van der Waals surface area contributed by atoms with Crippen LogP contribution in [0.3, 0.4) is 0 Å². The van der Waals surface area contributed by atoms with Crippen molar-refractivity contribution < 1.29 is 14.7 Å². The van der Waals surface area contributed by atoms with Crippen molar-refractivity contribution in [3.05, 3.63) is 11.6 Å². The van der Waals surface area contributed by atoms with Crippen molar-refractivity contribution in [2.75, 3.05) is 13.1 Å². The molecule has 1 aliphatic carbocycles. The minimum atomic E-state index is -0.748. The summed E-state index contributed by atoms with van der Waals surface area (Å²) in [6.45, 7) is 7.97. The van der Waals surface area contributed by atoms with E-state index in [9.17, 15) is 9.59 Å². The highest BCUT2D eigenvalue weighted by Crippen LogP contribution is 2.30. The van der Waals surface area contributed by atoms with Crippen LogP contribution in [0.1, 0.15) is 46.5 Å². The van der Waals surface area contributed by atoms with E-state index < -0.39 is 5.97 Å². The highest BCUT2D eigenvalue weighted by atomic mass is 16.4. The lowest BCUT2D eigenvalue weighted by Gasteiger charge is -2.32. The summed E-state index contributed by atoms with van der Waals surface area (Å²) in [6.07, 6.45) is 5.04. The Bertz CT molecular complexity index is 451. The minimum absolute atomic E-state index is 0.00610. The van der Waals surface area contributed by atoms with E-state index in [0.29, 0.717) is 19.4 Å². The summed E-state index contributed by atoms with van der Waals surface area (Å²) in [4.78, 5) is 25.0. The van der Waals surface area contributed by atoms with Gasteiger partial charge in [0, 0.05) is 19.1 Å². The highest BCUT2D eigenvalue weighted by Gasteiger charge is 2.32. The number of carbonyl (C=O) groups excluding carboxylic acids is 1. The first-order valence-corrected chi connectivity index (χ1v) is 7.75. The lowest BCUT2D eigenvalue weighted by atomic mass is 9.83. The molecule has 2 rings (SSSR count). The van der Waals surface area contributed by atoms with Gasteiger partial charge in [0.2, 0.25) is 0 Å². The van der Waals surface area contributed by atoms with E-state index in [1.165, 1.54) is 5.57 Å². The molecular weight excluding hydrogens is 268 g/mol. The molecule has 0 aromatic heterocycles. The van der Waals surface area contributed by atoms with E-state index in [-0.39, 0.29) is 23.4 Å². The number of nitrogens with zero attached hydrogens (tertiary/aromatic N) is 1. The molecule has 0 aromatic rings. The quantitative estimate of drug-likeness (QED) is 0.769. The lowest BCUT2D eigenvalue weighted by molar-refractivity contribution is -0.141. The zero-order chi connectivity index (χ0) is 15.6. The Morgan fingerprint density at radius 2 is 2.05 bits per heavy atom. The zero-order valence-corrected chi connectivity index (χ0v) is 13.2. The molecule has 21 heavy (non-hydrogen) atoms. The van der Waals surface area contributed by atoms with Crippen LogP contribution < -0.4 is 5.32 Å². The first-order chi connectivity index (χ1) is 9.77. The Kier molecular flexibility index (Phi) is 4.59. The van der Waals surface area contributed by atoms with Crippen LogP contribution in [0, 0.1) is 11.3 Å². The summed E-state index contributed by atoms with van der Waals surface area (Å²) in [5.41, 5.74) is 1.57. The van der Waals surface area contributed by atoms with Gasteiger partial charge in [0.25, 0.3) is 0 Å². The largest absolute Gasteiger partial charge is 0.481 e. The number of nitrogens with one attached hydrogen (secondary N) is 1. The standard InChI is InChI=1S/C16H26N2O3/c1-16(2,3)12-6-8-18(9-7-12)15(21)17-13-5-4-11(10-13)14(19)20/h6,11,13H,4-5,7-10H2,1-3H3,(H,17,21)(H,19,20)/t11-,13+/m1/s1. The van der Waals surface area contributed by atoms with Crippen LogP contribution in [-0.4, -0.2) is 41.1 Å². The number of aliphatic carboxylic acids is 1. The molecule has 0 radical (unpaired) electrons. The lowest BCUT2D eigenvalue weighted by Crippen LogP contribution is -2.46. The zero-order valence-electron chi connectivity index (χ0n) is 13.2. The number of urea groups is 1. The summed E-state index contributed by atoms with van der Waals surface area (Å²) in [5.74, 6) is -1.05. The third-order valence-corrected chi connectivity index (χ3v) is 4.57. The number of carboxylic acids is 1. The van der Waals surface area contributed by atoms with Crippen molar-refractivity contribution in [1.29, 1.82) is 0 Å². The third kappa shape index (κ3) is 3.99. The Morgan fingerprint density at radius 1 is 1.33 bits per heavy atom. The van der Waals surface area contributed by atoms with Crippen molar-refractivity contribution in [2.24, 2.45) is 11.3 Å². The molecule has 0 unspecified atom stereocenters. The second-order valence-electron chi connectivity index (χ2n) is 7.17. The maximum absolute atomic E-state index is 12.2. The molecule has 0 saturated heterocycles. The Morgan fingerprint density at radius 3 is 2.52 bits per heavy atom. The fraction of sp³-hybridized carbons (Fsp3) is 0.750. The first kappa shape index (κ1) is 15.9. The van der Waals surface area contributed by atoms with Gasteiger partial charge in [-0.25, -0.2) is 4.79 Å². The molecule has 0 bridgehead atoms. The Labute approximate surface area is 126 Å². The van der Waals surface area contributed by atoms with Gasteiger partial charge in [0.1, 0.15) is 0 Å². The fourth-order valence-electron chi connectivity index (χ4n) is 3.14. The molecule has 2 atom stereocenters. The summed E-state index contributed by atoms with van der Waals surface area (Å²) < 4.78 is 0. The Balaban J connectivity index is 1.83. The van der Waals surface area contributed by atoms with Crippen molar-refractivity contribution in [3.63, 3.8) is 0 Å². The summed E-state index contributed by atoms with van der Waals surface area (Å²) in [5, 5.41) is 12.0. The van der Waals surface area contributed by atoms with Crippen LogP contribution in [0.5, 0.6) is 0 Å². The highest BCUT2D eigenvalue weighted by molar-refractivity contribution is 5.75. The van der Waals surface area contributed by atoms with E-state index in [0.717, 1.165) is 19.4 Å². The molecule has 1 fully saturated rings. The normalized spacial score (nSPS) is 26.4. The van der Waals surface area contributed by atoms with E-state index in [2.05, 4.69) is 32.2 Å². The number of hydrogen-bond acceptors (Lipinski definition) is 2. The van der Waals surface area contributed by atoms with Crippen LogP contribution >= 0.6 is 0 Å². The molecule has 0 aromatic carbocycles. The molecule has 2 N–H and O–H groups in total. The molecule has 1 heterocycles. The van der Waals surface area contributed by atoms with Gasteiger partial charge < -0.3 is 15.3 Å². The van der Waals surface area contributed by atoms with Crippen LogP contribution in [0.25, 0.3) is 0 Å². The van der Waals surface area contributed by atoms with Gasteiger partial charge in [0.15, 0.2) is 0 Å². The molecule has 1 aliphatic heterocycles. The molecule has 2 aliphatic rings. The van der Waals surface area contributed by atoms with Gasteiger partial charge in [-0.3, -0.25) is 4.79 Å². The number of hydrogen-bond donors (Lipinski definition) is 2. The van der Waals surface area contributed by atoms with Crippen molar-refractivity contribution in [1.82, 2.24) is 10.2 Å². The third-order valence-electron chi connectivity index (χ3n) is 4.57. The molecule has 5 heteroatoms. The Hall–Kier alpha value is -1.52. The van der Waals surface area contributed by atoms with Gasteiger partial charge in [-0.2, -0.15) is 0 Å². The number of carboxylic acid groups (broad SMARTS) is 1. The summed E-state index contributed by atoms with van der Waals surface area (Å²) in [6, 6.07) is -0.0539. The molecule has 118 valence electrons. The predicted molar refractivity (Wildman–Crippen MR) is 81.0 cm³/mol. The van der Waals surface area contributed by atoms with Crippen molar-refractivity contribution in [2.45, 2.75) is 52.5 Å². The minimum Gasteiger partial charge on any atom is -0.481 e.